The molecule has 4 nitrogen and oxygen atoms in total. The number of ether oxygens (including phenoxy) is 1. The maximum Gasteiger partial charge on any atom is 0.314 e. The minimum Gasteiger partial charge on any atom is -0.492 e. The van der Waals surface area contributed by atoms with Crippen LogP contribution in [-0.2, 0) is 0 Å². The van der Waals surface area contributed by atoms with Gasteiger partial charge >= 0.3 is 6.03 Å². The van der Waals surface area contributed by atoms with Crippen LogP contribution in [-0.4, -0.2) is 25.7 Å². The molecule has 0 unspecified atom stereocenters. The van der Waals surface area contributed by atoms with Crippen LogP contribution in [0.5, 0.6) is 5.75 Å². The highest BCUT2D eigenvalue weighted by atomic mass is 35.5. The van der Waals surface area contributed by atoms with Gasteiger partial charge in [0.25, 0.3) is 0 Å². The standard InChI is InChI=1S/C12H17ClN2O2/c1-2-6-14-12(16)15-7-8-17-11-5-3-4-10(13)9-11/h3-5,9H,2,6-8H2,1H3,(H2,14,15,16). The molecular weight excluding hydrogens is 240 g/mol. The molecule has 0 aliphatic heterocycles. The predicted molar refractivity (Wildman–Crippen MR) is 68.6 cm³/mol. The number of carbonyl (C=O) groups is 1. The Bertz CT molecular complexity index is 358. The molecular formula is C12H17ClN2O2. The highest BCUT2D eigenvalue weighted by Gasteiger charge is 1.98. The van der Waals surface area contributed by atoms with Gasteiger partial charge in [0, 0.05) is 11.6 Å². The molecule has 1 aromatic rings. The lowest BCUT2D eigenvalue weighted by molar-refractivity contribution is 0.236. The van der Waals surface area contributed by atoms with Gasteiger partial charge in [0.2, 0.25) is 0 Å². The van der Waals surface area contributed by atoms with Crippen LogP contribution in [0.25, 0.3) is 0 Å². The van der Waals surface area contributed by atoms with E-state index in [1.165, 1.54) is 0 Å². The van der Waals surface area contributed by atoms with Crippen molar-refractivity contribution in [1.29, 1.82) is 0 Å². The molecule has 0 aromatic heterocycles. The summed E-state index contributed by atoms with van der Waals surface area (Å²) in [4.78, 5) is 11.2. The van der Waals surface area contributed by atoms with E-state index in [-0.39, 0.29) is 6.03 Å². The van der Waals surface area contributed by atoms with E-state index >= 15 is 0 Å². The topological polar surface area (TPSA) is 50.4 Å². The van der Waals surface area contributed by atoms with E-state index in [1.54, 1.807) is 12.1 Å². The summed E-state index contributed by atoms with van der Waals surface area (Å²) in [6.07, 6.45) is 0.923. The third kappa shape index (κ3) is 6.02. The summed E-state index contributed by atoms with van der Waals surface area (Å²) in [6, 6.07) is 6.99. The van der Waals surface area contributed by atoms with E-state index in [2.05, 4.69) is 10.6 Å². The molecule has 1 rings (SSSR count). The van der Waals surface area contributed by atoms with E-state index in [4.69, 9.17) is 16.3 Å². The Labute approximate surface area is 106 Å². The summed E-state index contributed by atoms with van der Waals surface area (Å²) in [5, 5.41) is 6.04. The summed E-state index contributed by atoms with van der Waals surface area (Å²) in [5.74, 6) is 0.702. The largest absolute Gasteiger partial charge is 0.492 e. The second kappa shape index (κ2) is 7.79. The minimum atomic E-state index is -0.165. The van der Waals surface area contributed by atoms with Gasteiger partial charge in [-0.25, -0.2) is 4.79 Å². The first-order valence-corrected chi connectivity index (χ1v) is 6.00. The fourth-order valence-electron chi connectivity index (χ4n) is 1.19. The van der Waals surface area contributed by atoms with Crippen LogP contribution >= 0.6 is 11.6 Å². The van der Waals surface area contributed by atoms with E-state index in [9.17, 15) is 4.79 Å². The molecule has 0 fully saturated rings. The molecule has 94 valence electrons. The maximum absolute atomic E-state index is 11.2. The lowest BCUT2D eigenvalue weighted by Gasteiger charge is -2.08. The molecule has 0 aliphatic carbocycles. The van der Waals surface area contributed by atoms with Crippen LogP contribution in [0.1, 0.15) is 13.3 Å². The van der Waals surface area contributed by atoms with Gasteiger partial charge in [0.15, 0.2) is 0 Å². The number of urea groups is 1. The van der Waals surface area contributed by atoms with Crippen LogP contribution < -0.4 is 15.4 Å². The van der Waals surface area contributed by atoms with Gasteiger partial charge in [-0.15, -0.1) is 0 Å². The zero-order valence-corrected chi connectivity index (χ0v) is 10.6. The number of carbonyl (C=O) groups excluding carboxylic acids is 1. The third-order valence-electron chi connectivity index (χ3n) is 1.99. The van der Waals surface area contributed by atoms with Crippen molar-refractivity contribution in [2.45, 2.75) is 13.3 Å². The monoisotopic (exact) mass is 256 g/mol. The molecule has 1 aromatic carbocycles. The van der Waals surface area contributed by atoms with E-state index < -0.39 is 0 Å². The van der Waals surface area contributed by atoms with Gasteiger partial charge in [-0.3, -0.25) is 0 Å². The zero-order chi connectivity index (χ0) is 12.5. The van der Waals surface area contributed by atoms with Gasteiger partial charge in [-0.1, -0.05) is 24.6 Å². The van der Waals surface area contributed by atoms with Crippen molar-refractivity contribution < 1.29 is 9.53 Å². The predicted octanol–water partition coefficient (Wildman–Crippen LogP) is 2.43. The first kappa shape index (κ1) is 13.6. The van der Waals surface area contributed by atoms with Gasteiger partial charge in [0.05, 0.1) is 6.54 Å². The average molecular weight is 257 g/mol. The average Bonchev–Trinajstić information content (AvgIpc) is 2.32. The molecule has 0 radical (unpaired) electrons. The lowest BCUT2D eigenvalue weighted by Crippen LogP contribution is -2.37. The van der Waals surface area contributed by atoms with Crippen molar-refractivity contribution in [1.82, 2.24) is 10.6 Å². The quantitative estimate of drug-likeness (QED) is 0.768. The Hall–Kier alpha value is -1.42. The van der Waals surface area contributed by atoms with Gasteiger partial charge in [-0.2, -0.15) is 0 Å². The fourth-order valence-corrected chi connectivity index (χ4v) is 1.37. The van der Waals surface area contributed by atoms with Gasteiger partial charge < -0.3 is 15.4 Å². The zero-order valence-electron chi connectivity index (χ0n) is 9.83. The highest BCUT2D eigenvalue weighted by molar-refractivity contribution is 6.30. The molecule has 0 spiro atoms. The van der Waals surface area contributed by atoms with Crippen molar-refractivity contribution in [2.75, 3.05) is 19.7 Å². The number of hydrogen-bond acceptors (Lipinski definition) is 2. The van der Waals surface area contributed by atoms with Crippen molar-refractivity contribution in [2.24, 2.45) is 0 Å². The number of halogens is 1. The minimum absolute atomic E-state index is 0.165. The first-order valence-electron chi connectivity index (χ1n) is 5.62. The Morgan fingerprint density at radius 2 is 2.12 bits per heavy atom. The van der Waals surface area contributed by atoms with Crippen molar-refractivity contribution in [3.8, 4) is 5.75 Å². The van der Waals surface area contributed by atoms with E-state index in [1.807, 2.05) is 19.1 Å². The Morgan fingerprint density at radius 1 is 1.35 bits per heavy atom. The number of nitrogens with one attached hydrogen (secondary N) is 2. The molecule has 0 saturated carbocycles. The first-order chi connectivity index (χ1) is 8.22. The van der Waals surface area contributed by atoms with Gasteiger partial charge in [-0.05, 0) is 24.6 Å². The normalized spacial score (nSPS) is 9.76. The second-order valence-corrected chi connectivity index (χ2v) is 3.92. The molecule has 0 heterocycles. The van der Waals surface area contributed by atoms with Crippen molar-refractivity contribution in [3.63, 3.8) is 0 Å². The fraction of sp³-hybridized carbons (Fsp3) is 0.417. The second-order valence-electron chi connectivity index (χ2n) is 3.49. The summed E-state index contributed by atoms with van der Waals surface area (Å²) < 4.78 is 5.41. The number of rotatable bonds is 6. The Kier molecular flexibility index (Phi) is 6.25. The summed E-state index contributed by atoms with van der Waals surface area (Å²) in [5.41, 5.74) is 0. The van der Waals surface area contributed by atoms with E-state index in [0.717, 1.165) is 6.42 Å². The Balaban J connectivity index is 2.14. The number of hydrogen-bond donors (Lipinski definition) is 2. The van der Waals surface area contributed by atoms with Crippen LogP contribution in [0.15, 0.2) is 24.3 Å². The molecule has 2 amide bonds. The highest BCUT2D eigenvalue weighted by Crippen LogP contribution is 2.16. The van der Waals surface area contributed by atoms with Crippen LogP contribution in [0.4, 0.5) is 4.79 Å². The third-order valence-corrected chi connectivity index (χ3v) is 2.22. The summed E-state index contributed by atoms with van der Waals surface area (Å²) in [6.45, 7) is 3.56. The molecule has 0 saturated heterocycles. The Morgan fingerprint density at radius 3 is 2.82 bits per heavy atom. The smallest absolute Gasteiger partial charge is 0.314 e. The van der Waals surface area contributed by atoms with Gasteiger partial charge in [0.1, 0.15) is 12.4 Å². The van der Waals surface area contributed by atoms with Crippen molar-refractivity contribution >= 4 is 17.6 Å². The lowest BCUT2D eigenvalue weighted by atomic mass is 10.3. The SMILES string of the molecule is CCCNC(=O)NCCOc1cccc(Cl)c1. The van der Waals surface area contributed by atoms with Crippen LogP contribution in [0.2, 0.25) is 5.02 Å². The number of benzene rings is 1. The van der Waals surface area contributed by atoms with Crippen LogP contribution in [0, 0.1) is 0 Å². The molecule has 17 heavy (non-hydrogen) atoms. The molecule has 0 bridgehead atoms. The number of amides is 2. The molecule has 2 N–H and O–H groups in total. The maximum atomic E-state index is 11.2. The molecule has 0 atom stereocenters. The van der Waals surface area contributed by atoms with Crippen molar-refractivity contribution in [3.05, 3.63) is 29.3 Å². The summed E-state index contributed by atoms with van der Waals surface area (Å²) >= 11 is 5.81. The van der Waals surface area contributed by atoms with Crippen LogP contribution in [0.3, 0.4) is 0 Å². The summed E-state index contributed by atoms with van der Waals surface area (Å²) in [7, 11) is 0. The molecule has 5 heteroatoms. The van der Waals surface area contributed by atoms with E-state index in [0.29, 0.717) is 30.5 Å². The molecule has 0 aliphatic rings.